The van der Waals surface area contributed by atoms with E-state index in [1.807, 2.05) is 19.1 Å². The summed E-state index contributed by atoms with van der Waals surface area (Å²) in [4.78, 5) is 4.28. The molecule has 4 nitrogen and oxygen atoms in total. The molecule has 1 atom stereocenters. The number of anilines is 1. The number of aromatic nitrogens is 1. The molecule has 0 radical (unpaired) electrons. The summed E-state index contributed by atoms with van der Waals surface area (Å²) in [5.74, 6) is 1.65. The van der Waals surface area contributed by atoms with Crippen molar-refractivity contribution in [2.75, 3.05) is 18.5 Å². The van der Waals surface area contributed by atoms with Gasteiger partial charge in [-0.05, 0) is 38.3 Å². The minimum absolute atomic E-state index is 0.261. The quantitative estimate of drug-likeness (QED) is 0.682. The Morgan fingerprint density at radius 2 is 2.35 bits per heavy atom. The minimum Gasteiger partial charge on any atom is -0.490 e. The number of hydrogen-bond acceptors (Lipinski definition) is 4. The second-order valence-corrected chi connectivity index (χ2v) is 4.24. The standard InChI is InChI=1S/C13H23N3O/c1-3-10-17-12-7-5-9-16-13(12)15-8-4-6-11(2)14/h5,7,9,11H,3-4,6,8,10,14H2,1-2H3,(H,15,16). The maximum atomic E-state index is 5.70. The maximum Gasteiger partial charge on any atom is 0.168 e. The summed E-state index contributed by atoms with van der Waals surface area (Å²) >= 11 is 0. The number of nitrogens with one attached hydrogen (secondary N) is 1. The van der Waals surface area contributed by atoms with Crippen LogP contribution in [0.5, 0.6) is 5.75 Å². The third kappa shape index (κ3) is 5.54. The van der Waals surface area contributed by atoms with E-state index in [4.69, 9.17) is 10.5 Å². The molecule has 1 heterocycles. The van der Waals surface area contributed by atoms with Crippen LogP contribution in [0, 0.1) is 0 Å². The van der Waals surface area contributed by atoms with Gasteiger partial charge in [-0.15, -0.1) is 0 Å². The highest BCUT2D eigenvalue weighted by molar-refractivity contribution is 5.49. The normalized spacial score (nSPS) is 12.2. The largest absolute Gasteiger partial charge is 0.490 e. The Morgan fingerprint density at radius 3 is 3.06 bits per heavy atom. The van der Waals surface area contributed by atoms with Crippen molar-refractivity contribution in [1.82, 2.24) is 4.98 Å². The summed E-state index contributed by atoms with van der Waals surface area (Å²) in [7, 11) is 0. The average Bonchev–Trinajstić information content (AvgIpc) is 2.33. The zero-order valence-electron chi connectivity index (χ0n) is 10.8. The van der Waals surface area contributed by atoms with E-state index in [0.717, 1.165) is 44.0 Å². The summed E-state index contributed by atoms with van der Waals surface area (Å²) < 4.78 is 5.61. The van der Waals surface area contributed by atoms with Crippen molar-refractivity contribution in [2.24, 2.45) is 5.73 Å². The first-order valence-electron chi connectivity index (χ1n) is 6.31. The van der Waals surface area contributed by atoms with Gasteiger partial charge in [0.1, 0.15) is 0 Å². The van der Waals surface area contributed by atoms with Gasteiger partial charge >= 0.3 is 0 Å². The van der Waals surface area contributed by atoms with E-state index in [1.54, 1.807) is 6.20 Å². The molecule has 3 N–H and O–H groups in total. The first-order valence-corrected chi connectivity index (χ1v) is 6.31. The van der Waals surface area contributed by atoms with Crippen molar-refractivity contribution in [3.63, 3.8) is 0 Å². The first-order chi connectivity index (χ1) is 8.24. The molecule has 1 unspecified atom stereocenters. The van der Waals surface area contributed by atoms with Crippen molar-refractivity contribution in [3.05, 3.63) is 18.3 Å². The zero-order chi connectivity index (χ0) is 12.5. The van der Waals surface area contributed by atoms with Crippen LogP contribution in [0.3, 0.4) is 0 Å². The number of rotatable bonds is 8. The number of nitrogens with two attached hydrogens (primary N) is 1. The fourth-order valence-corrected chi connectivity index (χ4v) is 1.48. The SMILES string of the molecule is CCCOc1cccnc1NCCCC(C)N. The lowest BCUT2D eigenvalue weighted by molar-refractivity contribution is 0.318. The molecule has 17 heavy (non-hydrogen) atoms. The predicted octanol–water partition coefficient (Wildman–Crippen LogP) is 2.41. The molecular formula is C13H23N3O. The monoisotopic (exact) mass is 237 g/mol. The molecule has 0 saturated carbocycles. The summed E-state index contributed by atoms with van der Waals surface area (Å²) in [6.45, 7) is 5.71. The molecule has 96 valence electrons. The number of ether oxygens (including phenoxy) is 1. The Balaban J connectivity index is 2.40. The van der Waals surface area contributed by atoms with Crippen LogP contribution < -0.4 is 15.8 Å². The van der Waals surface area contributed by atoms with E-state index in [9.17, 15) is 0 Å². The lowest BCUT2D eigenvalue weighted by Crippen LogP contribution is -2.16. The van der Waals surface area contributed by atoms with E-state index in [1.165, 1.54) is 0 Å². The maximum absolute atomic E-state index is 5.70. The molecule has 0 amide bonds. The zero-order valence-corrected chi connectivity index (χ0v) is 10.8. The molecule has 0 aliphatic carbocycles. The van der Waals surface area contributed by atoms with E-state index in [2.05, 4.69) is 17.2 Å². The third-order valence-corrected chi connectivity index (χ3v) is 2.36. The summed E-state index contributed by atoms with van der Waals surface area (Å²) in [5, 5.41) is 3.29. The number of nitrogens with zero attached hydrogens (tertiary/aromatic N) is 1. The van der Waals surface area contributed by atoms with Gasteiger partial charge in [-0.1, -0.05) is 6.92 Å². The molecule has 1 rings (SSSR count). The average molecular weight is 237 g/mol. The van der Waals surface area contributed by atoms with Crippen molar-refractivity contribution in [1.29, 1.82) is 0 Å². The Bertz CT molecular complexity index is 315. The van der Waals surface area contributed by atoms with Gasteiger partial charge in [0, 0.05) is 18.8 Å². The highest BCUT2D eigenvalue weighted by Crippen LogP contribution is 2.20. The Hall–Kier alpha value is -1.29. The van der Waals surface area contributed by atoms with Crippen molar-refractivity contribution in [3.8, 4) is 5.75 Å². The lowest BCUT2D eigenvalue weighted by Gasteiger charge is -2.12. The summed E-state index contributed by atoms with van der Waals surface area (Å²) in [6, 6.07) is 4.09. The molecule has 1 aromatic heterocycles. The number of hydrogen-bond donors (Lipinski definition) is 2. The number of pyridine rings is 1. The Labute approximate surface area is 104 Å². The van der Waals surface area contributed by atoms with Gasteiger partial charge in [-0.3, -0.25) is 0 Å². The topological polar surface area (TPSA) is 60.2 Å². The van der Waals surface area contributed by atoms with Gasteiger partial charge in [-0.25, -0.2) is 4.98 Å². The molecule has 0 aromatic carbocycles. The lowest BCUT2D eigenvalue weighted by atomic mass is 10.2. The van der Waals surface area contributed by atoms with Gasteiger partial charge in [0.25, 0.3) is 0 Å². The molecule has 1 aromatic rings. The molecule has 0 spiro atoms. The predicted molar refractivity (Wildman–Crippen MR) is 71.4 cm³/mol. The Morgan fingerprint density at radius 1 is 1.53 bits per heavy atom. The summed E-state index contributed by atoms with van der Waals surface area (Å²) in [5.41, 5.74) is 5.70. The van der Waals surface area contributed by atoms with Crippen LogP contribution in [0.4, 0.5) is 5.82 Å². The third-order valence-electron chi connectivity index (χ3n) is 2.36. The molecule has 0 saturated heterocycles. The van der Waals surface area contributed by atoms with E-state index >= 15 is 0 Å². The Kier molecular flexibility index (Phi) is 6.40. The molecule has 0 aliphatic rings. The molecular weight excluding hydrogens is 214 g/mol. The van der Waals surface area contributed by atoms with Crippen LogP contribution in [-0.2, 0) is 0 Å². The summed E-state index contributed by atoms with van der Waals surface area (Å²) in [6.07, 6.45) is 4.83. The second kappa shape index (κ2) is 7.90. The first kappa shape index (κ1) is 13.8. The van der Waals surface area contributed by atoms with Gasteiger partial charge in [0.05, 0.1) is 6.61 Å². The van der Waals surface area contributed by atoms with Gasteiger partial charge in [0.15, 0.2) is 11.6 Å². The fourth-order valence-electron chi connectivity index (χ4n) is 1.48. The van der Waals surface area contributed by atoms with Crippen molar-refractivity contribution >= 4 is 5.82 Å². The highest BCUT2D eigenvalue weighted by Gasteiger charge is 2.03. The van der Waals surface area contributed by atoms with Crippen LogP contribution >= 0.6 is 0 Å². The fraction of sp³-hybridized carbons (Fsp3) is 0.615. The van der Waals surface area contributed by atoms with E-state index < -0.39 is 0 Å². The van der Waals surface area contributed by atoms with Gasteiger partial charge in [0.2, 0.25) is 0 Å². The van der Waals surface area contributed by atoms with Crippen LogP contribution in [0.15, 0.2) is 18.3 Å². The van der Waals surface area contributed by atoms with Gasteiger partial charge in [-0.2, -0.15) is 0 Å². The van der Waals surface area contributed by atoms with Gasteiger partial charge < -0.3 is 15.8 Å². The van der Waals surface area contributed by atoms with E-state index in [-0.39, 0.29) is 6.04 Å². The van der Waals surface area contributed by atoms with Crippen LogP contribution in [0.25, 0.3) is 0 Å². The van der Waals surface area contributed by atoms with Crippen LogP contribution in [0.2, 0.25) is 0 Å². The highest BCUT2D eigenvalue weighted by atomic mass is 16.5. The molecule has 4 heteroatoms. The van der Waals surface area contributed by atoms with Crippen LogP contribution in [-0.4, -0.2) is 24.2 Å². The smallest absolute Gasteiger partial charge is 0.168 e. The van der Waals surface area contributed by atoms with Crippen molar-refractivity contribution < 1.29 is 4.74 Å². The molecule has 0 fully saturated rings. The molecule has 0 aliphatic heterocycles. The van der Waals surface area contributed by atoms with Crippen molar-refractivity contribution in [2.45, 2.75) is 39.2 Å². The van der Waals surface area contributed by atoms with E-state index in [0.29, 0.717) is 0 Å². The second-order valence-electron chi connectivity index (χ2n) is 4.24. The van der Waals surface area contributed by atoms with Crippen LogP contribution in [0.1, 0.15) is 33.1 Å². The minimum atomic E-state index is 0.261. The molecule has 0 bridgehead atoms.